The molecule has 0 aliphatic heterocycles. The highest BCUT2D eigenvalue weighted by atomic mass is 32.2. The fourth-order valence-corrected chi connectivity index (χ4v) is 1.66. The minimum atomic E-state index is 0.559. The summed E-state index contributed by atoms with van der Waals surface area (Å²) < 4.78 is 0. The molecule has 0 amide bonds. The predicted molar refractivity (Wildman–Crippen MR) is 67.2 cm³/mol. The molecule has 0 saturated heterocycles. The quantitative estimate of drug-likeness (QED) is 0.482. The van der Waals surface area contributed by atoms with Crippen LogP contribution in [0.1, 0.15) is 5.56 Å². The Hall–Kier alpha value is -1.16. The van der Waals surface area contributed by atoms with Crippen LogP contribution >= 0.6 is 11.8 Å². The van der Waals surface area contributed by atoms with Crippen molar-refractivity contribution < 1.29 is 0 Å². The lowest BCUT2D eigenvalue weighted by Crippen LogP contribution is -2.33. The molecule has 4 heteroatoms. The molecule has 0 fully saturated rings. The van der Waals surface area contributed by atoms with Crippen LogP contribution in [0, 0.1) is 0 Å². The summed E-state index contributed by atoms with van der Waals surface area (Å²) in [5, 5.41) is 0. The second kappa shape index (κ2) is 5.66. The minimum Gasteiger partial charge on any atom is -0.370 e. The molecule has 0 aliphatic rings. The lowest BCUT2D eigenvalue weighted by atomic mass is 10.2. The Labute approximate surface area is 95.4 Å². The van der Waals surface area contributed by atoms with E-state index in [1.165, 1.54) is 10.5 Å². The van der Waals surface area contributed by atoms with Gasteiger partial charge in [0.2, 0.25) is 0 Å². The monoisotopic (exact) mass is 223 g/mol. The molecular formula is C11H17N3S. The predicted octanol–water partition coefficient (Wildman–Crippen LogP) is 1.78. The molecule has 0 aromatic heterocycles. The first kappa shape index (κ1) is 11.9. The summed E-state index contributed by atoms with van der Waals surface area (Å²) in [5.41, 5.74) is 6.93. The maximum absolute atomic E-state index is 5.69. The van der Waals surface area contributed by atoms with E-state index in [1.54, 1.807) is 18.8 Å². The summed E-state index contributed by atoms with van der Waals surface area (Å²) in [6.45, 7) is 0.790. The van der Waals surface area contributed by atoms with Gasteiger partial charge in [-0.1, -0.05) is 12.1 Å². The number of benzene rings is 1. The molecule has 2 N–H and O–H groups in total. The van der Waals surface area contributed by atoms with Gasteiger partial charge in [-0.25, -0.2) is 0 Å². The van der Waals surface area contributed by atoms with E-state index in [0.29, 0.717) is 5.96 Å². The van der Waals surface area contributed by atoms with Gasteiger partial charge in [0, 0.05) is 25.5 Å². The molecule has 0 bridgehead atoms. The van der Waals surface area contributed by atoms with Gasteiger partial charge in [-0.3, -0.25) is 4.99 Å². The van der Waals surface area contributed by atoms with Crippen LogP contribution in [0.4, 0.5) is 0 Å². The Morgan fingerprint density at radius 2 is 2.00 bits per heavy atom. The maximum Gasteiger partial charge on any atom is 0.191 e. The van der Waals surface area contributed by atoms with Gasteiger partial charge in [-0.15, -0.1) is 11.8 Å². The van der Waals surface area contributed by atoms with Crippen molar-refractivity contribution in [3.63, 3.8) is 0 Å². The largest absolute Gasteiger partial charge is 0.370 e. The first-order valence-corrected chi connectivity index (χ1v) is 5.96. The molecule has 0 atom stereocenters. The van der Waals surface area contributed by atoms with Crippen LogP contribution in [0.5, 0.6) is 0 Å². The molecule has 0 radical (unpaired) electrons. The number of hydrogen-bond acceptors (Lipinski definition) is 2. The molecule has 0 saturated carbocycles. The zero-order valence-electron chi connectivity index (χ0n) is 9.40. The lowest BCUT2D eigenvalue weighted by Gasteiger charge is -2.17. The first-order chi connectivity index (χ1) is 7.17. The average molecular weight is 223 g/mol. The number of guanidine groups is 1. The smallest absolute Gasteiger partial charge is 0.191 e. The normalized spacial score (nSPS) is 11.5. The van der Waals surface area contributed by atoms with E-state index in [4.69, 9.17) is 5.73 Å². The maximum atomic E-state index is 5.69. The molecule has 1 rings (SSSR count). The highest BCUT2D eigenvalue weighted by molar-refractivity contribution is 7.98. The fourth-order valence-electron chi connectivity index (χ4n) is 1.26. The van der Waals surface area contributed by atoms with Crippen LogP contribution < -0.4 is 5.73 Å². The molecule has 1 aromatic carbocycles. The summed E-state index contributed by atoms with van der Waals surface area (Å²) in [5.74, 6) is 0.559. The van der Waals surface area contributed by atoms with Crippen molar-refractivity contribution in [2.45, 2.75) is 11.4 Å². The van der Waals surface area contributed by atoms with Crippen molar-refractivity contribution in [1.82, 2.24) is 4.90 Å². The Bertz CT molecular complexity index is 332. The van der Waals surface area contributed by atoms with E-state index >= 15 is 0 Å². The highest BCUT2D eigenvalue weighted by Crippen LogP contribution is 2.15. The van der Waals surface area contributed by atoms with E-state index in [1.807, 2.05) is 11.9 Å². The number of aliphatic imine (C=N–C) groups is 1. The van der Waals surface area contributed by atoms with E-state index in [0.717, 1.165) is 6.54 Å². The molecule has 3 nitrogen and oxygen atoms in total. The van der Waals surface area contributed by atoms with Crippen LogP contribution in [0.2, 0.25) is 0 Å². The third-order valence-corrected chi connectivity index (χ3v) is 2.94. The molecule has 0 aliphatic carbocycles. The van der Waals surface area contributed by atoms with Crippen molar-refractivity contribution in [3.8, 4) is 0 Å². The van der Waals surface area contributed by atoms with Crippen LogP contribution in [0.3, 0.4) is 0 Å². The molecule has 15 heavy (non-hydrogen) atoms. The Kier molecular flexibility index (Phi) is 4.49. The first-order valence-electron chi connectivity index (χ1n) is 4.73. The number of thioether (sulfide) groups is 1. The van der Waals surface area contributed by atoms with Crippen molar-refractivity contribution in [3.05, 3.63) is 29.8 Å². The molecule has 82 valence electrons. The van der Waals surface area contributed by atoms with Gasteiger partial charge in [-0.2, -0.15) is 0 Å². The third kappa shape index (κ3) is 3.47. The van der Waals surface area contributed by atoms with E-state index in [-0.39, 0.29) is 0 Å². The standard InChI is InChI=1S/C11H17N3S/c1-13-11(12)14(2)8-9-4-6-10(15-3)7-5-9/h4-7H,8H2,1-3H3,(H2,12,13). The summed E-state index contributed by atoms with van der Waals surface area (Å²) in [6.07, 6.45) is 2.07. The zero-order valence-corrected chi connectivity index (χ0v) is 10.2. The Balaban J connectivity index is 2.65. The van der Waals surface area contributed by atoms with Gasteiger partial charge in [0.15, 0.2) is 5.96 Å². The van der Waals surface area contributed by atoms with Gasteiger partial charge < -0.3 is 10.6 Å². The summed E-state index contributed by atoms with van der Waals surface area (Å²) in [7, 11) is 3.63. The van der Waals surface area contributed by atoms with Crippen LogP contribution in [0.25, 0.3) is 0 Å². The number of nitrogens with zero attached hydrogens (tertiary/aromatic N) is 2. The van der Waals surface area contributed by atoms with Crippen molar-refractivity contribution in [2.24, 2.45) is 10.7 Å². The van der Waals surface area contributed by atoms with E-state index in [2.05, 4.69) is 35.5 Å². The van der Waals surface area contributed by atoms with E-state index in [9.17, 15) is 0 Å². The molecular weight excluding hydrogens is 206 g/mol. The number of rotatable bonds is 3. The van der Waals surface area contributed by atoms with E-state index < -0.39 is 0 Å². The lowest BCUT2D eigenvalue weighted by molar-refractivity contribution is 0.494. The van der Waals surface area contributed by atoms with Gasteiger partial charge in [0.25, 0.3) is 0 Å². The topological polar surface area (TPSA) is 41.6 Å². The van der Waals surface area contributed by atoms with Gasteiger partial charge in [0.1, 0.15) is 0 Å². The zero-order chi connectivity index (χ0) is 11.3. The van der Waals surface area contributed by atoms with Crippen LogP contribution in [0.15, 0.2) is 34.2 Å². The van der Waals surface area contributed by atoms with Crippen LogP contribution in [-0.4, -0.2) is 31.2 Å². The number of hydrogen-bond donors (Lipinski definition) is 1. The SMILES string of the molecule is CN=C(N)N(C)Cc1ccc(SC)cc1. The minimum absolute atomic E-state index is 0.559. The third-order valence-electron chi connectivity index (χ3n) is 2.20. The summed E-state index contributed by atoms with van der Waals surface area (Å²) in [4.78, 5) is 7.14. The Morgan fingerprint density at radius 3 is 2.47 bits per heavy atom. The number of nitrogens with two attached hydrogens (primary N) is 1. The van der Waals surface area contributed by atoms with Crippen LogP contribution in [-0.2, 0) is 6.54 Å². The Morgan fingerprint density at radius 1 is 1.40 bits per heavy atom. The highest BCUT2D eigenvalue weighted by Gasteiger charge is 2.01. The van der Waals surface area contributed by atoms with Crippen molar-refractivity contribution in [2.75, 3.05) is 20.4 Å². The fraction of sp³-hybridized carbons (Fsp3) is 0.364. The second-order valence-electron chi connectivity index (χ2n) is 3.29. The van der Waals surface area contributed by atoms with Gasteiger partial charge in [-0.05, 0) is 24.0 Å². The van der Waals surface area contributed by atoms with Gasteiger partial charge >= 0.3 is 0 Å². The van der Waals surface area contributed by atoms with Gasteiger partial charge in [0.05, 0.1) is 0 Å². The second-order valence-corrected chi connectivity index (χ2v) is 4.17. The molecule has 0 heterocycles. The molecule has 1 aromatic rings. The summed E-state index contributed by atoms with van der Waals surface area (Å²) >= 11 is 1.75. The van der Waals surface area contributed by atoms with Crippen molar-refractivity contribution >= 4 is 17.7 Å². The summed E-state index contributed by atoms with van der Waals surface area (Å²) in [6, 6.07) is 8.47. The van der Waals surface area contributed by atoms with Crippen molar-refractivity contribution in [1.29, 1.82) is 0 Å². The molecule has 0 unspecified atom stereocenters. The molecule has 0 spiro atoms. The average Bonchev–Trinajstić information content (AvgIpc) is 2.29.